The molecule has 22 heavy (non-hydrogen) atoms. The van der Waals surface area contributed by atoms with Crippen molar-refractivity contribution in [2.24, 2.45) is 5.73 Å². The number of nitrogens with two attached hydrogens (primary N) is 1. The van der Waals surface area contributed by atoms with Crippen LogP contribution >= 0.6 is 0 Å². The molecule has 1 atom stereocenters. The summed E-state index contributed by atoms with van der Waals surface area (Å²) in [5, 5.41) is 12.2. The largest absolute Gasteiger partial charge is 0.394 e. The minimum absolute atomic E-state index is 0.118. The van der Waals surface area contributed by atoms with E-state index in [1.165, 1.54) is 16.7 Å². The third-order valence-electron chi connectivity index (χ3n) is 3.94. The van der Waals surface area contributed by atoms with Crippen molar-refractivity contribution < 1.29 is 9.90 Å². The van der Waals surface area contributed by atoms with Crippen molar-refractivity contribution >= 4 is 5.78 Å². The molecule has 4 N–H and O–H groups in total. The molecule has 0 heterocycles. The maximum Gasteiger partial charge on any atom is 0.205 e. The van der Waals surface area contributed by atoms with Crippen molar-refractivity contribution in [3.05, 3.63) is 46.3 Å². The summed E-state index contributed by atoms with van der Waals surface area (Å²) in [5.41, 5.74) is 10.5. The summed E-state index contributed by atoms with van der Waals surface area (Å²) < 4.78 is 0. The quantitative estimate of drug-likeness (QED) is 0.731. The van der Waals surface area contributed by atoms with Crippen LogP contribution in [0.1, 0.15) is 56.8 Å². The first-order valence-electron chi connectivity index (χ1n) is 8.05. The average Bonchev–Trinajstić information content (AvgIpc) is 2.97. The second kappa shape index (κ2) is 8.59. The van der Waals surface area contributed by atoms with E-state index in [2.05, 4.69) is 30.4 Å². The third kappa shape index (κ3) is 4.10. The molecule has 0 radical (unpaired) electrons. The van der Waals surface area contributed by atoms with Crippen molar-refractivity contribution in [1.82, 2.24) is 5.32 Å². The number of carbonyl (C=O) groups is 1. The zero-order chi connectivity index (χ0) is 16.7. The van der Waals surface area contributed by atoms with Crippen LogP contribution in [-0.4, -0.2) is 17.5 Å². The fraction of sp³-hybridized carbons (Fsp3) is 0.500. The number of hydrogen-bond acceptors (Lipinski definition) is 4. The molecule has 1 aromatic carbocycles. The molecule has 122 valence electrons. The molecule has 1 aromatic rings. The second-order valence-corrected chi connectivity index (χ2v) is 5.24. The molecule has 0 amide bonds. The summed E-state index contributed by atoms with van der Waals surface area (Å²) in [7, 11) is 0. The lowest BCUT2D eigenvalue weighted by Crippen LogP contribution is -2.25. The highest BCUT2D eigenvalue weighted by atomic mass is 16.3. The van der Waals surface area contributed by atoms with Gasteiger partial charge in [0.15, 0.2) is 0 Å². The highest BCUT2D eigenvalue weighted by molar-refractivity contribution is 5.95. The minimum atomic E-state index is -0.550. The molecule has 4 nitrogen and oxygen atoms in total. The number of fused-ring (bicyclic) bond motifs is 1. The van der Waals surface area contributed by atoms with Gasteiger partial charge in [-0.05, 0) is 42.9 Å². The number of rotatable bonds is 5. The van der Waals surface area contributed by atoms with Crippen LogP contribution in [0.2, 0.25) is 0 Å². The third-order valence-corrected chi connectivity index (χ3v) is 3.94. The normalized spacial score (nSPS) is 17.0. The highest BCUT2D eigenvalue weighted by Crippen LogP contribution is 2.32. The van der Waals surface area contributed by atoms with E-state index in [0.29, 0.717) is 5.70 Å². The predicted octanol–water partition coefficient (Wildman–Crippen LogP) is 2.60. The fourth-order valence-corrected chi connectivity index (χ4v) is 2.66. The number of nitrogens with one attached hydrogen (secondary N) is 1. The van der Waals surface area contributed by atoms with Crippen LogP contribution in [0.3, 0.4) is 0 Å². The van der Waals surface area contributed by atoms with Crippen LogP contribution in [-0.2, 0) is 17.6 Å². The number of Topliss-reactive ketones (excluding diaryl/α,β-unsaturated/α-hetero) is 1. The van der Waals surface area contributed by atoms with Gasteiger partial charge in [0, 0.05) is 5.70 Å². The Morgan fingerprint density at radius 2 is 2.09 bits per heavy atom. The first-order chi connectivity index (χ1) is 10.6. The summed E-state index contributed by atoms with van der Waals surface area (Å²) in [5.74, 6) is -0.435. The molecule has 2 rings (SSSR count). The Balaban J connectivity index is 0.00000116. The molecule has 4 heteroatoms. The summed E-state index contributed by atoms with van der Waals surface area (Å²) in [6.07, 6.45) is 3.05. The Morgan fingerprint density at radius 3 is 2.68 bits per heavy atom. The Hall–Kier alpha value is -1.81. The average molecular weight is 304 g/mol. The Morgan fingerprint density at radius 1 is 1.41 bits per heavy atom. The zero-order valence-electron chi connectivity index (χ0n) is 14.1. The molecule has 0 aromatic heterocycles. The van der Waals surface area contributed by atoms with Crippen molar-refractivity contribution in [1.29, 1.82) is 0 Å². The van der Waals surface area contributed by atoms with E-state index in [4.69, 9.17) is 10.8 Å². The number of aliphatic hydroxyl groups excluding tert-OH is 1. The Labute approximate surface area is 133 Å². The van der Waals surface area contributed by atoms with E-state index >= 15 is 0 Å². The zero-order valence-corrected chi connectivity index (χ0v) is 14.1. The van der Waals surface area contributed by atoms with Gasteiger partial charge in [-0.25, -0.2) is 0 Å². The van der Waals surface area contributed by atoms with E-state index in [0.717, 1.165) is 19.3 Å². The van der Waals surface area contributed by atoms with Crippen molar-refractivity contribution in [2.45, 2.75) is 53.0 Å². The van der Waals surface area contributed by atoms with Crippen LogP contribution in [0, 0.1) is 0 Å². The summed E-state index contributed by atoms with van der Waals surface area (Å²) >= 11 is 0. The second-order valence-electron chi connectivity index (χ2n) is 5.24. The molecule has 0 aliphatic heterocycles. The van der Waals surface area contributed by atoms with Gasteiger partial charge in [0.2, 0.25) is 5.78 Å². The van der Waals surface area contributed by atoms with Crippen LogP contribution in [0.5, 0.6) is 0 Å². The van der Waals surface area contributed by atoms with Crippen molar-refractivity contribution in [3.63, 3.8) is 0 Å². The molecule has 1 aliphatic carbocycles. The van der Waals surface area contributed by atoms with E-state index in [9.17, 15) is 4.79 Å². The van der Waals surface area contributed by atoms with E-state index in [-0.39, 0.29) is 11.7 Å². The molecule has 0 fully saturated rings. The highest BCUT2D eigenvalue weighted by Gasteiger charge is 2.23. The van der Waals surface area contributed by atoms with Gasteiger partial charge in [-0.2, -0.15) is 0 Å². The fourth-order valence-electron chi connectivity index (χ4n) is 2.66. The number of allylic oxidation sites excluding steroid dienone is 1. The standard InChI is InChI=1S/C16H22N2O2.C2H6/c1-3-11-4-5-12-6-7-14(13(12)8-11)18-10(2)16(17)15(20)9-19;1-2/h4-5,8,14,18-19H,3,6-7,9,17H2,1-2H3;1-2H3/b16-10-;. The lowest BCUT2D eigenvalue weighted by molar-refractivity contribution is -0.118. The smallest absolute Gasteiger partial charge is 0.205 e. The van der Waals surface area contributed by atoms with Gasteiger partial charge >= 0.3 is 0 Å². The molecule has 0 saturated carbocycles. The van der Waals surface area contributed by atoms with Gasteiger partial charge in [-0.1, -0.05) is 39.0 Å². The first kappa shape index (κ1) is 18.2. The number of ketones is 1. The van der Waals surface area contributed by atoms with Crippen LogP contribution < -0.4 is 11.1 Å². The number of carbonyl (C=O) groups excluding carboxylic acids is 1. The molecule has 1 unspecified atom stereocenters. The predicted molar refractivity (Wildman–Crippen MR) is 90.3 cm³/mol. The van der Waals surface area contributed by atoms with Gasteiger partial charge in [-0.15, -0.1) is 0 Å². The van der Waals surface area contributed by atoms with Gasteiger partial charge in [0.25, 0.3) is 0 Å². The number of aliphatic hydroxyl groups is 1. The summed E-state index contributed by atoms with van der Waals surface area (Å²) in [4.78, 5) is 11.4. The molecule has 0 bridgehead atoms. The Kier molecular flexibility index (Phi) is 7.12. The maximum atomic E-state index is 11.4. The lowest BCUT2D eigenvalue weighted by atomic mass is 10.0. The van der Waals surface area contributed by atoms with Gasteiger partial charge in [0.05, 0.1) is 11.7 Å². The van der Waals surface area contributed by atoms with Crippen LogP contribution in [0.4, 0.5) is 0 Å². The van der Waals surface area contributed by atoms with Crippen LogP contribution in [0.25, 0.3) is 0 Å². The lowest BCUT2D eigenvalue weighted by Gasteiger charge is -2.18. The molecule has 0 spiro atoms. The van der Waals surface area contributed by atoms with E-state index < -0.39 is 12.4 Å². The number of aryl methyl sites for hydroxylation is 2. The number of hydrogen-bond donors (Lipinski definition) is 3. The topological polar surface area (TPSA) is 75.3 Å². The minimum Gasteiger partial charge on any atom is -0.394 e. The molecular formula is C18H28N2O2. The SMILES string of the molecule is CC.CCc1ccc2c(c1)C(N/C(C)=C(\N)C(=O)CO)CC2. The maximum absolute atomic E-state index is 11.4. The van der Waals surface area contributed by atoms with Crippen molar-refractivity contribution in [2.75, 3.05) is 6.61 Å². The van der Waals surface area contributed by atoms with Gasteiger partial charge < -0.3 is 16.2 Å². The van der Waals surface area contributed by atoms with Crippen LogP contribution in [0.15, 0.2) is 29.6 Å². The molecule has 1 aliphatic rings. The van der Waals surface area contributed by atoms with Gasteiger partial charge in [0.1, 0.15) is 6.61 Å². The summed E-state index contributed by atoms with van der Waals surface area (Å²) in [6.45, 7) is 7.37. The van der Waals surface area contributed by atoms with Crippen molar-refractivity contribution in [3.8, 4) is 0 Å². The Bertz CT molecular complexity index is 550. The molecule has 0 saturated heterocycles. The molecular weight excluding hydrogens is 276 g/mol. The van der Waals surface area contributed by atoms with E-state index in [1.807, 2.05) is 13.8 Å². The first-order valence-corrected chi connectivity index (χ1v) is 8.05. The summed E-state index contributed by atoms with van der Waals surface area (Å²) in [6, 6.07) is 6.80. The monoisotopic (exact) mass is 304 g/mol. The van der Waals surface area contributed by atoms with Gasteiger partial charge in [-0.3, -0.25) is 4.79 Å². The number of benzene rings is 1. The van der Waals surface area contributed by atoms with E-state index in [1.54, 1.807) is 6.92 Å².